The zero-order chi connectivity index (χ0) is 14.6. The van der Waals surface area contributed by atoms with Gasteiger partial charge in [0.1, 0.15) is 0 Å². The molecule has 1 aromatic carbocycles. The van der Waals surface area contributed by atoms with Crippen LogP contribution in [0.1, 0.15) is 36.2 Å². The van der Waals surface area contributed by atoms with Crippen LogP contribution < -0.4 is 10.6 Å². The molecule has 0 radical (unpaired) electrons. The normalized spacial score (nSPS) is 13.8. The highest BCUT2D eigenvalue weighted by atomic mass is 16.5. The van der Waals surface area contributed by atoms with Gasteiger partial charge in [0, 0.05) is 38.1 Å². The predicted molar refractivity (Wildman–Crippen MR) is 81.2 cm³/mol. The van der Waals surface area contributed by atoms with E-state index in [-0.39, 0.29) is 11.3 Å². The number of hydrogen-bond acceptors (Lipinski definition) is 3. The summed E-state index contributed by atoms with van der Waals surface area (Å²) in [7, 11) is 1.70. The molecule has 110 valence electrons. The summed E-state index contributed by atoms with van der Waals surface area (Å²) in [5.74, 6) is -0.00741. The zero-order valence-electron chi connectivity index (χ0n) is 12.6. The van der Waals surface area contributed by atoms with Crippen LogP contribution in [0.2, 0.25) is 0 Å². The molecular formula is C16H24N2O2. The van der Waals surface area contributed by atoms with E-state index in [0.717, 1.165) is 30.6 Å². The van der Waals surface area contributed by atoms with E-state index in [0.29, 0.717) is 13.2 Å². The molecule has 1 aliphatic heterocycles. The number of hydrogen-bond donors (Lipinski definition) is 2. The van der Waals surface area contributed by atoms with Crippen molar-refractivity contribution in [2.75, 3.05) is 32.1 Å². The van der Waals surface area contributed by atoms with Gasteiger partial charge in [-0.05, 0) is 36.0 Å². The highest BCUT2D eigenvalue weighted by Crippen LogP contribution is 2.23. The first kappa shape index (κ1) is 14.9. The van der Waals surface area contributed by atoms with Crippen molar-refractivity contribution >= 4 is 11.6 Å². The Kier molecular flexibility index (Phi) is 4.65. The van der Waals surface area contributed by atoms with Gasteiger partial charge in [0.25, 0.3) is 5.91 Å². The fourth-order valence-corrected chi connectivity index (χ4v) is 2.32. The monoisotopic (exact) mass is 276 g/mol. The summed E-state index contributed by atoms with van der Waals surface area (Å²) in [6.07, 6.45) is 1.97. The second-order valence-electron chi connectivity index (χ2n) is 6.14. The van der Waals surface area contributed by atoms with E-state index in [1.54, 1.807) is 7.11 Å². The van der Waals surface area contributed by atoms with Crippen molar-refractivity contribution in [1.82, 2.24) is 5.32 Å². The van der Waals surface area contributed by atoms with Gasteiger partial charge < -0.3 is 15.4 Å². The third-order valence-corrected chi connectivity index (χ3v) is 3.79. The minimum Gasteiger partial charge on any atom is -0.385 e. The Balaban J connectivity index is 1.92. The van der Waals surface area contributed by atoms with E-state index in [1.807, 2.05) is 18.2 Å². The predicted octanol–water partition coefficient (Wildman–Crippen LogP) is 2.45. The molecule has 2 rings (SSSR count). The molecule has 20 heavy (non-hydrogen) atoms. The van der Waals surface area contributed by atoms with E-state index in [2.05, 4.69) is 24.5 Å². The maximum Gasteiger partial charge on any atom is 0.251 e. The molecule has 1 amide bonds. The number of fused-ring (bicyclic) bond motifs is 1. The summed E-state index contributed by atoms with van der Waals surface area (Å²) in [6.45, 7) is 6.60. The van der Waals surface area contributed by atoms with Crippen molar-refractivity contribution in [2.24, 2.45) is 5.41 Å². The summed E-state index contributed by atoms with van der Waals surface area (Å²) in [5, 5.41) is 6.32. The van der Waals surface area contributed by atoms with Gasteiger partial charge in [-0.15, -0.1) is 0 Å². The molecule has 0 saturated heterocycles. The van der Waals surface area contributed by atoms with Gasteiger partial charge in [-0.3, -0.25) is 4.79 Å². The first-order valence-electron chi connectivity index (χ1n) is 7.16. The van der Waals surface area contributed by atoms with Crippen LogP contribution in [-0.4, -0.2) is 32.7 Å². The SMILES string of the molecule is COCCC(C)(C)CNC(=O)c1ccc2c(c1)NCC2. The van der Waals surface area contributed by atoms with Crippen LogP contribution in [0.3, 0.4) is 0 Å². The molecule has 1 heterocycles. The number of benzene rings is 1. The fraction of sp³-hybridized carbons (Fsp3) is 0.562. The number of rotatable bonds is 6. The summed E-state index contributed by atoms with van der Waals surface area (Å²) >= 11 is 0. The summed E-state index contributed by atoms with van der Waals surface area (Å²) in [5.41, 5.74) is 3.15. The molecule has 0 saturated carbocycles. The first-order valence-corrected chi connectivity index (χ1v) is 7.16. The van der Waals surface area contributed by atoms with Crippen LogP contribution in [-0.2, 0) is 11.2 Å². The standard InChI is InChI=1S/C16H24N2O2/c1-16(2,7-9-20-3)11-18-15(19)13-5-4-12-6-8-17-14(12)10-13/h4-5,10,17H,6-9,11H2,1-3H3,(H,18,19). The number of nitrogens with one attached hydrogen (secondary N) is 2. The molecule has 2 N–H and O–H groups in total. The fourth-order valence-electron chi connectivity index (χ4n) is 2.32. The molecule has 0 unspecified atom stereocenters. The molecule has 1 aromatic rings. The topological polar surface area (TPSA) is 50.4 Å². The average Bonchev–Trinajstić information content (AvgIpc) is 2.90. The Bertz CT molecular complexity index is 483. The van der Waals surface area contributed by atoms with Crippen LogP contribution in [0.15, 0.2) is 18.2 Å². The van der Waals surface area contributed by atoms with E-state index in [1.165, 1.54) is 5.56 Å². The summed E-state index contributed by atoms with van der Waals surface area (Å²) in [6, 6.07) is 5.89. The second-order valence-corrected chi connectivity index (χ2v) is 6.14. The average molecular weight is 276 g/mol. The van der Waals surface area contributed by atoms with Crippen molar-refractivity contribution < 1.29 is 9.53 Å². The van der Waals surface area contributed by atoms with Crippen LogP contribution in [0, 0.1) is 5.41 Å². The number of amides is 1. The maximum absolute atomic E-state index is 12.2. The molecule has 0 atom stereocenters. The van der Waals surface area contributed by atoms with Gasteiger partial charge in [0.2, 0.25) is 0 Å². The number of anilines is 1. The summed E-state index contributed by atoms with van der Waals surface area (Å²) < 4.78 is 5.10. The van der Waals surface area contributed by atoms with Crippen molar-refractivity contribution in [1.29, 1.82) is 0 Å². The lowest BCUT2D eigenvalue weighted by molar-refractivity contribution is 0.0921. The lowest BCUT2D eigenvalue weighted by atomic mass is 9.89. The van der Waals surface area contributed by atoms with Gasteiger partial charge in [-0.1, -0.05) is 19.9 Å². The Labute approximate surface area is 120 Å². The highest BCUT2D eigenvalue weighted by molar-refractivity contribution is 5.95. The quantitative estimate of drug-likeness (QED) is 0.839. The smallest absolute Gasteiger partial charge is 0.251 e. The third-order valence-electron chi connectivity index (χ3n) is 3.79. The van der Waals surface area contributed by atoms with Gasteiger partial charge in [-0.2, -0.15) is 0 Å². The molecule has 0 aromatic heterocycles. The highest BCUT2D eigenvalue weighted by Gasteiger charge is 2.19. The molecule has 4 heteroatoms. The van der Waals surface area contributed by atoms with Gasteiger partial charge in [0.05, 0.1) is 0 Å². The van der Waals surface area contributed by atoms with Gasteiger partial charge in [0.15, 0.2) is 0 Å². The lowest BCUT2D eigenvalue weighted by Crippen LogP contribution is -2.34. The molecule has 0 spiro atoms. The van der Waals surface area contributed by atoms with E-state index in [4.69, 9.17) is 4.74 Å². The third kappa shape index (κ3) is 3.73. The Morgan fingerprint density at radius 2 is 2.25 bits per heavy atom. The molecule has 0 aliphatic carbocycles. The zero-order valence-corrected chi connectivity index (χ0v) is 12.6. The molecule has 4 nitrogen and oxygen atoms in total. The van der Waals surface area contributed by atoms with Gasteiger partial charge in [-0.25, -0.2) is 0 Å². The molecule has 0 fully saturated rings. The van der Waals surface area contributed by atoms with Crippen molar-refractivity contribution in [3.05, 3.63) is 29.3 Å². The Hall–Kier alpha value is -1.55. The summed E-state index contributed by atoms with van der Waals surface area (Å²) in [4.78, 5) is 12.2. The van der Waals surface area contributed by atoms with Crippen LogP contribution in [0.5, 0.6) is 0 Å². The van der Waals surface area contributed by atoms with E-state index >= 15 is 0 Å². The number of ether oxygens (including phenoxy) is 1. The molecule has 0 bridgehead atoms. The number of carbonyl (C=O) groups excluding carboxylic acids is 1. The van der Waals surface area contributed by atoms with Gasteiger partial charge >= 0.3 is 0 Å². The second kappa shape index (κ2) is 6.27. The van der Waals surface area contributed by atoms with Crippen LogP contribution >= 0.6 is 0 Å². The molecule has 1 aliphatic rings. The largest absolute Gasteiger partial charge is 0.385 e. The van der Waals surface area contributed by atoms with Crippen molar-refractivity contribution in [2.45, 2.75) is 26.7 Å². The van der Waals surface area contributed by atoms with Crippen LogP contribution in [0.25, 0.3) is 0 Å². The minimum atomic E-state index is -0.00741. The number of methoxy groups -OCH3 is 1. The Morgan fingerprint density at radius 1 is 1.45 bits per heavy atom. The van der Waals surface area contributed by atoms with E-state index < -0.39 is 0 Å². The molecular weight excluding hydrogens is 252 g/mol. The number of carbonyl (C=O) groups is 1. The van der Waals surface area contributed by atoms with E-state index in [9.17, 15) is 4.79 Å². The maximum atomic E-state index is 12.2. The first-order chi connectivity index (χ1) is 9.52. The minimum absolute atomic E-state index is 0.00741. The van der Waals surface area contributed by atoms with Crippen LogP contribution in [0.4, 0.5) is 5.69 Å². The van der Waals surface area contributed by atoms with Crippen molar-refractivity contribution in [3.8, 4) is 0 Å². The lowest BCUT2D eigenvalue weighted by Gasteiger charge is -2.24. The van der Waals surface area contributed by atoms with Crippen molar-refractivity contribution in [3.63, 3.8) is 0 Å². The Morgan fingerprint density at radius 3 is 3.00 bits per heavy atom.